The second kappa shape index (κ2) is 9.72. The molecule has 0 spiro atoms. The summed E-state index contributed by atoms with van der Waals surface area (Å²) in [6.45, 7) is 1.24. The molecule has 1 aromatic heterocycles. The van der Waals surface area contributed by atoms with Crippen molar-refractivity contribution in [3.05, 3.63) is 34.2 Å². The summed E-state index contributed by atoms with van der Waals surface area (Å²) in [5, 5.41) is 1.16. The van der Waals surface area contributed by atoms with Gasteiger partial charge in [0.15, 0.2) is 6.61 Å². The van der Waals surface area contributed by atoms with E-state index in [4.69, 9.17) is 25.8 Å². The van der Waals surface area contributed by atoms with Gasteiger partial charge in [0.2, 0.25) is 0 Å². The van der Waals surface area contributed by atoms with Crippen LogP contribution in [0.25, 0.3) is 10.1 Å². The number of esters is 1. The van der Waals surface area contributed by atoms with Crippen molar-refractivity contribution in [3.8, 4) is 0 Å². The van der Waals surface area contributed by atoms with E-state index < -0.39 is 5.97 Å². The minimum Gasteiger partial charge on any atom is -0.451 e. The molecule has 1 heterocycles. The lowest BCUT2D eigenvalue weighted by atomic mass is 10.2. The van der Waals surface area contributed by atoms with Gasteiger partial charge < -0.3 is 19.1 Å². The van der Waals surface area contributed by atoms with Crippen LogP contribution < -0.4 is 0 Å². The van der Waals surface area contributed by atoms with Crippen LogP contribution in [0.1, 0.15) is 9.67 Å². The molecule has 0 aliphatic rings. The Morgan fingerprint density at radius 2 is 1.76 bits per heavy atom. The predicted octanol–water partition coefficient (Wildman–Crippen LogP) is 2.83. The van der Waals surface area contributed by atoms with Gasteiger partial charge in [-0.2, -0.15) is 0 Å². The number of thiophene rings is 1. The number of amides is 1. The first-order valence-corrected chi connectivity index (χ1v) is 8.87. The molecule has 6 nitrogen and oxygen atoms in total. The maximum absolute atomic E-state index is 12.3. The highest BCUT2D eigenvalue weighted by molar-refractivity contribution is 7.21. The molecule has 0 saturated heterocycles. The highest BCUT2D eigenvalue weighted by atomic mass is 35.5. The number of hydrogen-bond acceptors (Lipinski definition) is 6. The van der Waals surface area contributed by atoms with Gasteiger partial charge >= 0.3 is 5.97 Å². The van der Waals surface area contributed by atoms with Gasteiger partial charge in [-0.05, 0) is 6.07 Å². The number of methoxy groups -OCH3 is 2. The Labute approximate surface area is 155 Å². The average Bonchev–Trinajstić information content (AvgIpc) is 2.97. The van der Waals surface area contributed by atoms with E-state index in [1.54, 1.807) is 14.2 Å². The van der Waals surface area contributed by atoms with Crippen molar-refractivity contribution >= 4 is 44.9 Å². The highest BCUT2D eigenvalue weighted by Gasteiger charge is 2.21. The van der Waals surface area contributed by atoms with Crippen LogP contribution in [0.5, 0.6) is 0 Å². The van der Waals surface area contributed by atoms with Crippen molar-refractivity contribution in [1.29, 1.82) is 0 Å². The third-order valence-corrected chi connectivity index (χ3v) is 5.19. The molecule has 0 N–H and O–H groups in total. The maximum Gasteiger partial charge on any atom is 0.350 e. The SMILES string of the molecule is COCCN(CCOC)C(=O)COC(=O)c1sc2ccccc2c1Cl. The van der Waals surface area contributed by atoms with Crippen LogP contribution in [0.2, 0.25) is 5.02 Å². The lowest BCUT2D eigenvalue weighted by Gasteiger charge is -2.21. The topological polar surface area (TPSA) is 65.1 Å². The number of carbonyl (C=O) groups is 2. The number of carbonyl (C=O) groups excluding carboxylic acids is 2. The fraction of sp³-hybridized carbons (Fsp3) is 0.412. The van der Waals surface area contributed by atoms with Gasteiger partial charge in [0.25, 0.3) is 5.91 Å². The second-order valence-electron chi connectivity index (χ2n) is 5.18. The molecule has 1 amide bonds. The summed E-state index contributed by atoms with van der Waals surface area (Å²) in [5.74, 6) is -0.905. The van der Waals surface area contributed by atoms with E-state index in [1.807, 2.05) is 24.3 Å². The molecule has 0 bridgehead atoms. The van der Waals surface area contributed by atoms with E-state index in [9.17, 15) is 9.59 Å². The Bertz CT molecular complexity index is 725. The summed E-state index contributed by atoms with van der Waals surface area (Å²) in [6, 6.07) is 7.44. The maximum atomic E-state index is 12.3. The van der Waals surface area contributed by atoms with Gasteiger partial charge in [0.1, 0.15) is 4.88 Å². The highest BCUT2D eigenvalue weighted by Crippen LogP contribution is 2.35. The van der Waals surface area contributed by atoms with E-state index in [-0.39, 0.29) is 12.5 Å². The number of fused-ring (bicyclic) bond motifs is 1. The van der Waals surface area contributed by atoms with Crippen LogP contribution in [-0.2, 0) is 19.0 Å². The van der Waals surface area contributed by atoms with Crippen LogP contribution in [0.15, 0.2) is 24.3 Å². The van der Waals surface area contributed by atoms with Crippen molar-refractivity contribution < 1.29 is 23.8 Å². The van der Waals surface area contributed by atoms with Gasteiger partial charge in [-0.25, -0.2) is 4.79 Å². The minimum atomic E-state index is -0.599. The molecule has 2 aromatic rings. The Morgan fingerprint density at radius 3 is 2.36 bits per heavy atom. The van der Waals surface area contributed by atoms with Crippen LogP contribution >= 0.6 is 22.9 Å². The van der Waals surface area contributed by atoms with Crippen LogP contribution in [0.4, 0.5) is 0 Å². The van der Waals surface area contributed by atoms with Crippen LogP contribution in [0, 0.1) is 0 Å². The van der Waals surface area contributed by atoms with Crippen molar-refractivity contribution in [3.63, 3.8) is 0 Å². The molecule has 0 aliphatic heterocycles. The monoisotopic (exact) mass is 385 g/mol. The molecular weight excluding hydrogens is 366 g/mol. The summed E-state index contributed by atoms with van der Waals surface area (Å²) in [7, 11) is 3.12. The molecule has 1 aromatic carbocycles. The number of rotatable bonds is 9. The average molecular weight is 386 g/mol. The summed E-state index contributed by atoms with van der Waals surface area (Å²) in [5.41, 5.74) is 0. The van der Waals surface area contributed by atoms with Crippen molar-refractivity contribution in [2.45, 2.75) is 0 Å². The second-order valence-corrected chi connectivity index (χ2v) is 6.61. The Morgan fingerprint density at radius 1 is 1.12 bits per heavy atom. The minimum absolute atomic E-state index is 0.302. The molecule has 0 saturated carbocycles. The van der Waals surface area contributed by atoms with E-state index >= 15 is 0 Å². The number of halogens is 1. The lowest BCUT2D eigenvalue weighted by Crippen LogP contribution is -2.39. The molecule has 136 valence electrons. The first-order chi connectivity index (χ1) is 12.1. The molecule has 8 heteroatoms. The molecule has 0 unspecified atom stereocenters. The van der Waals surface area contributed by atoms with Crippen molar-refractivity contribution in [2.24, 2.45) is 0 Å². The summed E-state index contributed by atoms with van der Waals surface area (Å²) in [4.78, 5) is 26.4. The van der Waals surface area contributed by atoms with E-state index in [0.717, 1.165) is 10.1 Å². The molecule has 0 aliphatic carbocycles. The fourth-order valence-electron chi connectivity index (χ4n) is 2.19. The van der Waals surface area contributed by atoms with E-state index in [2.05, 4.69) is 0 Å². The smallest absolute Gasteiger partial charge is 0.350 e. The van der Waals surface area contributed by atoms with Crippen LogP contribution in [0.3, 0.4) is 0 Å². The molecule has 0 fully saturated rings. The first kappa shape index (κ1) is 19.7. The summed E-state index contributed by atoms with van der Waals surface area (Å²) < 4.78 is 16.0. The standard InChI is InChI=1S/C17H20ClNO5S/c1-22-9-7-19(8-10-23-2)14(20)11-24-17(21)16-15(18)12-5-3-4-6-13(12)25-16/h3-6H,7-11H2,1-2H3. The quantitative estimate of drug-likeness (QED) is 0.621. The van der Waals surface area contributed by atoms with Gasteiger partial charge in [-0.15, -0.1) is 11.3 Å². The number of hydrogen-bond donors (Lipinski definition) is 0. The number of nitrogens with zero attached hydrogens (tertiary/aromatic N) is 1. The first-order valence-electron chi connectivity index (χ1n) is 7.68. The molecule has 0 radical (unpaired) electrons. The number of benzene rings is 1. The normalized spacial score (nSPS) is 10.8. The lowest BCUT2D eigenvalue weighted by molar-refractivity contribution is -0.135. The third kappa shape index (κ3) is 5.15. The van der Waals surface area contributed by atoms with Gasteiger partial charge in [-0.1, -0.05) is 29.8 Å². The Balaban J connectivity index is 1.99. The van der Waals surface area contributed by atoms with Crippen LogP contribution in [-0.4, -0.2) is 63.9 Å². The predicted molar refractivity (Wildman–Crippen MR) is 97.4 cm³/mol. The molecular formula is C17H20ClNO5S. The third-order valence-electron chi connectivity index (χ3n) is 3.53. The van der Waals surface area contributed by atoms with E-state index in [1.165, 1.54) is 16.2 Å². The van der Waals surface area contributed by atoms with Gasteiger partial charge in [-0.3, -0.25) is 4.79 Å². The Hall–Kier alpha value is -1.67. The van der Waals surface area contributed by atoms with Crippen molar-refractivity contribution in [2.75, 3.05) is 47.1 Å². The van der Waals surface area contributed by atoms with E-state index in [0.29, 0.717) is 36.2 Å². The zero-order chi connectivity index (χ0) is 18.2. The van der Waals surface area contributed by atoms with Gasteiger partial charge in [0, 0.05) is 37.4 Å². The molecule has 25 heavy (non-hydrogen) atoms. The zero-order valence-electron chi connectivity index (χ0n) is 14.1. The largest absolute Gasteiger partial charge is 0.451 e. The molecule has 0 atom stereocenters. The Kier molecular flexibility index (Phi) is 7.64. The zero-order valence-corrected chi connectivity index (χ0v) is 15.7. The summed E-state index contributed by atoms with van der Waals surface area (Å²) >= 11 is 7.50. The summed E-state index contributed by atoms with van der Waals surface area (Å²) in [6.07, 6.45) is 0. The fourth-order valence-corrected chi connectivity index (χ4v) is 3.60. The molecule has 2 rings (SSSR count). The van der Waals surface area contributed by atoms with Crippen molar-refractivity contribution in [1.82, 2.24) is 4.90 Å². The van der Waals surface area contributed by atoms with Gasteiger partial charge in [0.05, 0.1) is 18.2 Å². The number of ether oxygens (including phenoxy) is 3.